The van der Waals surface area contributed by atoms with E-state index in [4.69, 9.17) is 0 Å². The van der Waals surface area contributed by atoms with E-state index in [1.165, 1.54) is 43.3 Å². The molecule has 8 nitrogen and oxygen atoms in total. The molecule has 9 heteroatoms. The Morgan fingerprint density at radius 2 is 1.66 bits per heavy atom. The maximum absolute atomic E-state index is 12.6. The number of aryl methyl sites for hydroxylation is 1. The minimum Gasteiger partial charge on any atom is -0.322 e. The minimum absolute atomic E-state index is 0.220. The molecule has 0 radical (unpaired) electrons. The number of amides is 1. The van der Waals surface area contributed by atoms with E-state index in [9.17, 15) is 23.3 Å². The molecule has 0 bridgehead atoms. The van der Waals surface area contributed by atoms with E-state index >= 15 is 0 Å². The molecule has 1 amide bonds. The SMILES string of the molecule is Cc1ccc(S(=O)(=O)Nc2ccc(C(=O)Nc3ccccc3C(C)C)cc2)cc1[N+](=O)[O-]. The fourth-order valence-electron chi connectivity index (χ4n) is 3.17. The highest BCUT2D eigenvalue weighted by atomic mass is 32.2. The minimum atomic E-state index is -4.04. The van der Waals surface area contributed by atoms with Crippen LogP contribution in [0.3, 0.4) is 0 Å². The first-order valence-electron chi connectivity index (χ1n) is 9.86. The van der Waals surface area contributed by atoms with Crippen molar-refractivity contribution in [1.82, 2.24) is 0 Å². The van der Waals surface area contributed by atoms with Crippen molar-refractivity contribution in [2.24, 2.45) is 0 Å². The van der Waals surface area contributed by atoms with Gasteiger partial charge in [-0.1, -0.05) is 38.1 Å². The third-order valence-corrected chi connectivity index (χ3v) is 6.30. The monoisotopic (exact) mass is 453 g/mol. The number of nitro benzene ring substituents is 1. The maximum atomic E-state index is 12.6. The lowest BCUT2D eigenvalue weighted by Gasteiger charge is -2.14. The van der Waals surface area contributed by atoms with Gasteiger partial charge in [-0.2, -0.15) is 0 Å². The normalized spacial score (nSPS) is 11.2. The number of anilines is 2. The number of nitrogens with one attached hydrogen (secondary N) is 2. The van der Waals surface area contributed by atoms with Crippen LogP contribution in [-0.2, 0) is 10.0 Å². The second kappa shape index (κ2) is 9.19. The first kappa shape index (κ1) is 23.0. The molecule has 0 saturated carbocycles. The molecule has 0 aliphatic rings. The Bertz CT molecular complexity index is 1270. The number of hydrogen-bond acceptors (Lipinski definition) is 5. The number of carbonyl (C=O) groups excluding carboxylic acids is 1. The Morgan fingerprint density at radius 3 is 2.28 bits per heavy atom. The van der Waals surface area contributed by atoms with E-state index in [1.807, 2.05) is 38.1 Å². The van der Waals surface area contributed by atoms with Gasteiger partial charge in [0.1, 0.15) is 0 Å². The summed E-state index contributed by atoms with van der Waals surface area (Å²) in [5.74, 6) is -0.0810. The van der Waals surface area contributed by atoms with Crippen LogP contribution in [0, 0.1) is 17.0 Å². The number of carbonyl (C=O) groups is 1. The molecule has 2 N–H and O–H groups in total. The molecule has 3 aromatic carbocycles. The first-order valence-corrected chi connectivity index (χ1v) is 11.3. The predicted octanol–water partition coefficient (Wildman–Crippen LogP) is 5.08. The summed E-state index contributed by atoms with van der Waals surface area (Å²) in [6, 6.07) is 17.2. The quantitative estimate of drug-likeness (QED) is 0.382. The summed E-state index contributed by atoms with van der Waals surface area (Å²) in [5, 5.41) is 14.0. The number of benzene rings is 3. The third-order valence-electron chi connectivity index (χ3n) is 4.92. The smallest absolute Gasteiger partial charge is 0.273 e. The average molecular weight is 454 g/mol. The topological polar surface area (TPSA) is 118 Å². The Morgan fingerprint density at radius 1 is 1.00 bits per heavy atom. The van der Waals surface area contributed by atoms with Gasteiger partial charge in [-0.05, 0) is 54.8 Å². The highest BCUT2D eigenvalue weighted by Gasteiger charge is 2.20. The van der Waals surface area contributed by atoms with Gasteiger partial charge in [0.05, 0.1) is 9.82 Å². The fourth-order valence-corrected chi connectivity index (χ4v) is 4.24. The van der Waals surface area contributed by atoms with Crippen molar-refractivity contribution in [3.05, 3.63) is 93.5 Å². The number of para-hydroxylation sites is 1. The number of nitro groups is 1. The van der Waals surface area contributed by atoms with Crippen LogP contribution in [0.5, 0.6) is 0 Å². The van der Waals surface area contributed by atoms with Crippen LogP contribution in [0.1, 0.15) is 41.3 Å². The summed E-state index contributed by atoms with van der Waals surface area (Å²) >= 11 is 0. The van der Waals surface area contributed by atoms with Gasteiger partial charge >= 0.3 is 0 Å². The van der Waals surface area contributed by atoms with Gasteiger partial charge in [-0.25, -0.2) is 8.42 Å². The molecule has 3 rings (SSSR count). The summed E-state index contributed by atoms with van der Waals surface area (Å²) in [4.78, 5) is 22.9. The molecule has 0 heterocycles. The van der Waals surface area contributed by atoms with Crippen LogP contribution in [-0.4, -0.2) is 19.2 Å². The highest BCUT2D eigenvalue weighted by molar-refractivity contribution is 7.92. The van der Waals surface area contributed by atoms with Crippen molar-refractivity contribution in [3.8, 4) is 0 Å². The van der Waals surface area contributed by atoms with Crippen molar-refractivity contribution < 1.29 is 18.1 Å². The molecule has 0 aliphatic heterocycles. The molecule has 0 atom stereocenters. The average Bonchev–Trinajstić information content (AvgIpc) is 2.74. The zero-order valence-electron chi connectivity index (χ0n) is 17.8. The van der Waals surface area contributed by atoms with E-state index in [2.05, 4.69) is 10.0 Å². The number of sulfonamides is 1. The molecule has 32 heavy (non-hydrogen) atoms. The molecular formula is C23H23N3O5S. The molecule has 0 spiro atoms. The molecule has 0 aliphatic carbocycles. The Hall–Kier alpha value is -3.72. The predicted molar refractivity (Wildman–Crippen MR) is 124 cm³/mol. The van der Waals surface area contributed by atoms with Crippen LogP contribution in [0.15, 0.2) is 71.6 Å². The van der Waals surface area contributed by atoms with Crippen LogP contribution in [0.2, 0.25) is 0 Å². The standard InChI is InChI=1S/C23H23N3O5S/c1-15(2)20-6-4-5-7-21(20)24-23(27)17-9-11-18(12-10-17)25-32(30,31)19-13-8-16(3)22(14-19)26(28)29/h4-15,25H,1-3H3,(H,24,27). The van der Waals surface area contributed by atoms with Crippen molar-refractivity contribution in [2.75, 3.05) is 10.0 Å². The molecule has 166 valence electrons. The number of rotatable bonds is 7. The fraction of sp³-hybridized carbons (Fsp3) is 0.174. The summed E-state index contributed by atoms with van der Waals surface area (Å²) in [7, 11) is -4.04. The third kappa shape index (κ3) is 5.12. The van der Waals surface area contributed by atoms with Crippen LogP contribution >= 0.6 is 0 Å². The van der Waals surface area contributed by atoms with Gasteiger partial charge < -0.3 is 5.32 Å². The Labute approximate surface area is 186 Å². The molecule has 0 unspecified atom stereocenters. The second-order valence-electron chi connectivity index (χ2n) is 7.58. The molecule has 3 aromatic rings. The van der Waals surface area contributed by atoms with Gasteiger partial charge in [0, 0.05) is 28.6 Å². The van der Waals surface area contributed by atoms with Crippen molar-refractivity contribution in [1.29, 1.82) is 0 Å². The van der Waals surface area contributed by atoms with E-state index in [1.54, 1.807) is 0 Å². The molecule has 0 fully saturated rings. The Balaban J connectivity index is 1.77. The summed E-state index contributed by atoms with van der Waals surface area (Å²) < 4.78 is 27.6. The second-order valence-corrected chi connectivity index (χ2v) is 9.27. The van der Waals surface area contributed by atoms with E-state index in [0.717, 1.165) is 17.3 Å². The lowest BCUT2D eigenvalue weighted by atomic mass is 10.0. The zero-order valence-corrected chi connectivity index (χ0v) is 18.6. The van der Waals surface area contributed by atoms with E-state index < -0.39 is 14.9 Å². The Kier molecular flexibility index (Phi) is 6.59. The zero-order chi connectivity index (χ0) is 23.5. The van der Waals surface area contributed by atoms with Crippen molar-refractivity contribution in [2.45, 2.75) is 31.6 Å². The van der Waals surface area contributed by atoms with Gasteiger partial charge in [0.2, 0.25) is 0 Å². The van der Waals surface area contributed by atoms with Crippen molar-refractivity contribution >= 4 is 33.0 Å². The van der Waals surface area contributed by atoms with Gasteiger partial charge in [-0.15, -0.1) is 0 Å². The van der Waals surface area contributed by atoms with Gasteiger partial charge in [0.15, 0.2) is 0 Å². The lowest BCUT2D eigenvalue weighted by Crippen LogP contribution is -2.15. The number of nitrogens with zero attached hydrogens (tertiary/aromatic N) is 1. The molecular weight excluding hydrogens is 430 g/mol. The summed E-state index contributed by atoms with van der Waals surface area (Å²) in [6.45, 7) is 5.61. The van der Waals surface area contributed by atoms with Gasteiger partial charge in [0.25, 0.3) is 21.6 Å². The van der Waals surface area contributed by atoms with Crippen molar-refractivity contribution in [3.63, 3.8) is 0 Å². The van der Waals surface area contributed by atoms with Crippen LogP contribution < -0.4 is 10.0 Å². The molecule has 0 saturated heterocycles. The molecule has 0 aromatic heterocycles. The maximum Gasteiger partial charge on any atom is 0.273 e. The van der Waals surface area contributed by atoms with E-state index in [-0.39, 0.29) is 28.1 Å². The lowest BCUT2D eigenvalue weighted by molar-refractivity contribution is -0.385. The summed E-state index contributed by atoms with van der Waals surface area (Å²) in [5.41, 5.74) is 2.41. The highest BCUT2D eigenvalue weighted by Crippen LogP contribution is 2.26. The summed E-state index contributed by atoms with van der Waals surface area (Å²) in [6.07, 6.45) is 0. The van der Waals surface area contributed by atoms with E-state index in [0.29, 0.717) is 11.1 Å². The number of hydrogen-bond donors (Lipinski definition) is 2. The largest absolute Gasteiger partial charge is 0.322 e. The van der Waals surface area contributed by atoms with Gasteiger partial charge in [-0.3, -0.25) is 19.6 Å². The van der Waals surface area contributed by atoms with Crippen LogP contribution in [0.25, 0.3) is 0 Å². The first-order chi connectivity index (χ1) is 15.1. The van der Waals surface area contributed by atoms with Crippen LogP contribution in [0.4, 0.5) is 17.1 Å².